The van der Waals surface area contributed by atoms with Crippen molar-refractivity contribution in [3.8, 4) is 0 Å². The summed E-state index contributed by atoms with van der Waals surface area (Å²) in [7, 11) is 0. The maximum Gasteiger partial charge on any atom is 0.324 e. The molecular weight excluding hydrogens is 306 g/mol. The van der Waals surface area contributed by atoms with Crippen LogP contribution in [0.5, 0.6) is 0 Å². The highest BCUT2D eigenvalue weighted by Crippen LogP contribution is 2.32. The summed E-state index contributed by atoms with van der Waals surface area (Å²) >= 11 is 0. The summed E-state index contributed by atoms with van der Waals surface area (Å²) in [5.41, 5.74) is 0.307. The van der Waals surface area contributed by atoms with Gasteiger partial charge < -0.3 is 14.5 Å². The molecule has 0 amide bonds. The largest absolute Gasteiger partial charge is 0.465 e. The molecule has 1 aromatic carbocycles. The van der Waals surface area contributed by atoms with Gasteiger partial charge in [-0.3, -0.25) is 9.59 Å². The zero-order valence-corrected chi connectivity index (χ0v) is 14.1. The lowest BCUT2D eigenvalue weighted by atomic mass is 9.80. The molecule has 0 aliphatic rings. The second-order valence-corrected chi connectivity index (χ2v) is 5.57. The molecule has 0 saturated carbocycles. The topological polar surface area (TPSA) is 68.4 Å². The minimum absolute atomic E-state index is 0.153. The number of H-pyrrole nitrogens is 1. The van der Waals surface area contributed by atoms with Crippen LogP contribution < -0.4 is 0 Å². The molecule has 0 bridgehead atoms. The van der Waals surface area contributed by atoms with Crippen LogP contribution in [0.3, 0.4) is 0 Å². The average molecular weight is 329 g/mol. The van der Waals surface area contributed by atoms with E-state index in [0.29, 0.717) is 0 Å². The maximum atomic E-state index is 12.6. The van der Waals surface area contributed by atoms with Crippen molar-refractivity contribution in [3.05, 3.63) is 48.7 Å². The lowest BCUT2D eigenvalue weighted by molar-refractivity contribution is -0.172. The highest BCUT2D eigenvalue weighted by atomic mass is 16.6. The summed E-state index contributed by atoms with van der Waals surface area (Å²) in [4.78, 5) is 28.5. The zero-order chi connectivity index (χ0) is 17.6. The van der Waals surface area contributed by atoms with Crippen molar-refractivity contribution in [1.82, 2.24) is 4.98 Å². The second-order valence-electron chi connectivity index (χ2n) is 5.57. The summed E-state index contributed by atoms with van der Waals surface area (Å²) in [6.45, 7) is 7.51. The van der Waals surface area contributed by atoms with E-state index < -0.39 is 17.4 Å². The van der Waals surface area contributed by atoms with Gasteiger partial charge in [-0.2, -0.15) is 0 Å². The quantitative estimate of drug-likeness (QED) is 0.458. The fourth-order valence-electron chi connectivity index (χ4n) is 2.81. The third-order valence-corrected chi connectivity index (χ3v) is 3.90. The lowest BCUT2D eigenvalue weighted by Crippen LogP contribution is -2.43. The SMILES string of the molecule is C=CCC(Cc1cc2ccccc2[nH]1)(C(=O)OCC)C(=O)OCC. The Bertz CT molecular complexity index is 681. The molecule has 5 heteroatoms. The Labute approximate surface area is 141 Å². The molecule has 0 spiro atoms. The van der Waals surface area contributed by atoms with Crippen LogP contribution in [-0.4, -0.2) is 30.1 Å². The van der Waals surface area contributed by atoms with Gasteiger partial charge in [0.15, 0.2) is 5.41 Å². The van der Waals surface area contributed by atoms with E-state index in [-0.39, 0.29) is 26.1 Å². The monoisotopic (exact) mass is 329 g/mol. The number of nitrogens with one attached hydrogen (secondary N) is 1. The molecule has 0 aliphatic carbocycles. The molecule has 1 N–H and O–H groups in total. The van der Waals surface area contributed by atoms with Crippen LogP contribution in [0.15, 0.2) is 43.0 Å². The molecule has 1 aromatic heterocycles. The predicted molar refractivity (Wildman–Crippen MR) is 92.5 cm³/mol. The summed E-state index contributed by atoms with van der Waals surface area (Å²) in [6, 6.07) is 9.72. The van der Waals surface area contributed by atoms with Gasteiger partial charge in [-0.15, -0.1) is 6.58 Å². The highest BCUT2D eigenvalue weighted by molar-refractivity contribution is 6.00. The third kappa shape index (κ3) is 3.50. The molecular formula is C19H23NO4. The Morgan fingerprint density at radius 2 is 1.79 bits per heavy atom. The van der Waals surface area contributed by atoms with E-state index in [2.05, 4.69) is 11.6 Å². The zero-order valence-electron chi connectivity index (χ0n) is 14.1. The number of ether oxygens (including phenoxy) is 2. The van der Waals surface area contributed by atoms with Gasteiger partial charge >= 0.3 is 11.9 Å². The second kappa shape index (κ2) is 7.81. The van der Waals surface area contributed by atoms with Crippen LogP contribution in [0.2, 0.25) is 0 Å². The number of rotatable bonds is 8. The molecule has 5 nitrogen and oxygen atoms in total. The molecule has 128 valence electrons. The van der Waals surface area contributed by atoms with E-state index in [1.54, 1.807) is 19.9 Å². The summed E-state index contributed by atoms with van der Waals surface area (Å²) in [5.74, 6) is -1.16. The molecule has 0 atom stereocenters. The van der Waals surface area contributed by atoms with E-state index in [1.807, 2.05) is 30.3 Å². The smallest absolute Gasteiger partial charge is 0.324 e. The van der Waals surface area contributed by atoms with E-state index >= 15 is 0 Å². The van der Waals surface area contributed by atoms with Crippen molar-refractivity contribution in [2.75, 3.05) is 13.2 Å². The van der Waals surface area contributed by atoms with Crippen molar-refractivity contribution in [3.63, 3.8) is 0 Å². The van der Waals surface area contributed by atoms with Gasteiger partial charge in [0.2, 0.25) is 0 Å². The van der Waals surface area contributed by atoms with Crippen molar-refractivity contribution < 1.29 is 19.1 Å². The molecule has 1 heterocycles. The molecule has 0 aliphatic heterocycles. The molecule has 0 fully saturated rings. The first-order valence-electron chi connectivity index (χ1n) is 8.09. The molecule has 0 radical (unpaired) electrons. The number of hydrogen-bond acceptors (Lipinski definition) is 4. The van der Waals surface area contributed by atoms with Crippen LogP contribution in [0.4, 0.5) is 0 Å². The third-order valence-electron chi connectivity index (χ3n) is 3.90. The first kappa shape index (κ1) is 17.8. The van der Waals surface area contributed by atoms with Gasteiger partial charge in [0.1, 0.15) is 0 Å². The number of esters is 2. The van der Waals surface area contributed by atoms with E-state index in [1.165, 1.54) is 0 Å². The van der Waals surface area contributed by atoms with Crippen LogP contribution >= 0.6 is 0 Å². The maximum absolute atomic E-state index is 12.6. The van der Waals surface area contributed by atoms with E-state index in [4.69, 9.17) is 9.47 Å². The van der Waals surface area contributed by atoms with E-state index in [0.717, 1.165) is 16.6 Å². The Hall–Kier alpha value is -2.56. The van der Waals surface area contributed by atoms with Gasteiger partial charge in [-0.05, 0) is 37.8 Å². The van der Waals surface area contributed by atoms with Crippen molar-refractivity contribution in [2.45, 2.75) is 26.7 Å². The number of aromatic amines is 1. The molecule has 0 saturated heterocycles. The molecule has 24 heavy (non-hydrogen) atoms. The Morgan fingerprint density at radius 3 is 2.33 bits per heavy atom. The number of allylic oxidation sites excluding steroid dienone is 1. The molecule has 2 rings (SSSR count). The number of para-hydroxylation sites is 1. The van der Waals surface area contributed by atoms with E-state index in [9.17, 15) is 9.59 Å². The lowest BCUT2D eigenvalue weighted by Gasteiger charge is -2.27. The number of fused-ring (bicyclic) bond motifs is 1. The van der Waals surface area contributed by atoms with Crippen LogP contribution in [0.25, 0.3) is 10.9 Å². The number of hydrogen-bond donors (Lipinski definition) is 1. The van der Waals surface area contributed by atoms with Crippen molar-refractivity contribution >= 4 is 22.8 Å². The summed E-state index contributed by atoms with van der Waals surface area (Å²) < 4.78 is 10.3. The average Bonchev–Trinajstić information content (AvgIpc) is 2.96. The number of carbonyl (C=O) groups excluding carboxylic acids is 2. The first-order chi connectivity index (χ1) is 11.6. The van der Waals surface area contributed by atoms with Crippen LogP contribution in [-0.2, 0) is 25.5 Å². The van der Waals surface area contributed by atoms with Gasteiger partial charge in [0.05, 0.1) is 13.2 Å². The Morgan fingerprint density at radius 1 is 1.17 bits per heavy atom. The van der Waals surface area contributed by atoms with Crippen molar-refractivity contribution in [2.24, 2.45) is 5.41 Å². The number of aromatic nitrogens is 1. The fourth-order valence-corrected chi connectivity index (χ4v) is 2.81. The minimum atomic E-state index is -1.42. The summed E-state index contributed by atoms with van der Waals surface area (Å²) in [6.07, 6.45) is 1.88. The standard InChI is InChI=1S/C19H23NO4/c1-4-11-19(17(21)23-5-2,18(22)24-6-3)13-15-12-14-9-7-8-10-16(14)20-15/h4,7-10,12,20H,1,5-6,11,13H2,2-3H3. The summed E-state index contributed by atoms with van der Waals surface area (Å²) in [5, 5.41) is 1.02. The number of carbonyl (C=O) groups is 2. The fraction of sp³-hybridized carbons (Fsp3) is 0.368. The van der Waals surface area contributed by atoms with Gasteiger partial charge in [-0.25, -0.2) is 0 Å². The Kier molecular flexibility index (Phi) is 5.79. The molecule has 0 unspecified atom stereocenters. The highest BCUT2D eigenvalue weighted by Gasteiger charge is 2.48. The van der Waals surface area contributed by atoms with Crippen LogP contribution in [0, 0.1) is 5.41 Å². The van der Waals surface area contributed by atoms with Crippen molar-refractivity contribution in [1.29, 1.82) is 0 Å². The predicted octanol–water partition coefficient (Wildman–Crippen LogP) is 3.40. The minimum Gasteiger partial charge on any atom is -0.465 e. The molecule has 2 aromatic rings. The van der Waals surface area contributed by atoms with Gasteiger partial charge in [-0.1, -0.05) is 24.3 Å². The first-order valence-corrected chi connectivity index (χ1v) is 8.09. The van der Waals surface area contributed by atoms with Crippen LogP contribution in [0.1, 0.15) is 26.0 Å². The van der Waals surface area contributed by atoms with Gasteiger partial charge in [0.25, 0.3) is 0 Å². The Balaban J connectivity index is 2.44. The normalized spacial score (nSPS) is 11.2. The van der Waals surface area contributed by atoms with Gasteiger partial charge in [0, 0.05) is 17.6 Å². The number of benzene rings is 1.